The van der Waals surface area contributed by atoms with Gasteiger partial charge in [0.1, 0.15) is 5.82 Å². The molecule has 3 rings (SSSR count). The second-order valence-electron chi connectivity index (χ2n) is 4.96. The summed E-state index contributed by atoms with van der Waals surface area (Å²) in [7, 11) is 0. The van der Waals surface area contributed by atoms with E-state index in [0.29, 0.717) is 10.9 Å². The number of nitrogens with zero attached hydrogens (tertiary/aromatic N) is 2. The zero-order valence-corrected chi connectivity index (χ0v) is 13.3. The third-order valence-corrected chi connectivity index (χ3v) is 4.03. The van der Waals surface area contributed by atoms with Crippen LogP contribution in [0.5, 0.6) is 0 Å². The van der Waals surface area contributed by atoms with Crippen molar-refractivity contribution in [2.24, 2.45) is 0 Å². The molecule has 108 valence electrons. The third-order valence-electron chi connectivity index (χ3n) is 3.61. The van der Waals surface area contributed by atoms with Gasteiger partial charge in [0.2, 0.25) is 0 Å². The van der Waals surface area contributed by atoms with E-state index in [9.17, 15) is 0 Å². The first-order valence-corrected chi connectivity index (χ1v) is 7.96. The smallest absolute Gasteiger partial charge is 0.115 e. The molecule has 0 bridgehead atoms. The van der Waals surface area contributed by atoms with E-state index in [-0.39, 0.29) is 0 Å². The molecule has 1 aromatic heterocycles. The van der Waals surface area contributed by atoms with Crippen LogP contribution in [-0.4, -0.2) is 15.4 Å². The zero-order valence-electron chi connectivity index (χ0n) is 11.8. The van der Waals surface area contributed by atoms with Crippen LogP contribution in [-0.2, 0) is 12.8 Å². The van der Waals surface area contributed by atoms with E-state index in [0.717, 1.165) is 35.4 Å². The molecule has 0 unspecified atom stereocenters. The van der Waals surface area contributed by atoms with Crippen LogP contribution in [0.1, 0.15) is 18.3 Å². The highest BCUT2D eigenvalue weighted by atomic mass is 35.5. The topological polar surface area (TPSA) is 17.8 Å². The van der Waals surface area contributed by atoms with Gasteiger partial charge < -0.3 is 0 Å². The minimum Gasteiger partial charge on any atom is -0.296 e. The lowest BCUT2D eigenvalue weighted by atomic mass is 10.1. The van der Waals surface area contributed by atoms with Crippen LogP contribution in [0.25, 0.3) is 16.7 Å². The van der Waals surface area contributed by atoms with Gasteiger partial charge in [-0.25, -0.2) is 4.98 Å². The molecule has 0 atom stereocenters. The van der Waals surface area contributed by atoms with Crippen LogP contribution in [0.4, 0.5) is 0 Å². The normalized spacial score (nSPS) is 11.2. The minimum absolute atomic E-state index is 0.546. The Kier molecular flexibility index (Phi) is 4.18. The van der Waals surface area contributed by atoms with E-state index in [1.807, 2.05) is 18.2 Å². The number of rotatable bonds is 4. The predicted octanol–water partition coefficient (Wildman–Crippen LogP) is 5.02. The molecular formula is C17H16Cl2N2. The van der Waals surface area contributed by atoms with Crippen molar-refractivity contribution in [3.8, 4) is 5.69 Å². The van der Waals surface area contributed by atoms with Gasteiger partial charge in [-0.1, -0.05) is 30.7 Å². The molecule has 0 amide bonds. The number of halogens is 2. The van der Waals surface area contributed by atoms with E-state index in [4.69, 9.17) is 23.2 Å². The first-order valence-electron chi connectivity index (χ1n) is 7.05. The Balaban J connectivity index is 2.21. The minimum atomic E-state index is 0.546. The van der Waals surface area contributed by atoms with Gasteiger partial charge in [0.05, 0.1) is 11.0 Å². The van der Waals surface area contributed by atoms with Crippen molar-refractivity contribution in [2.45, 2.75) is 19.8 Å². The van der Waals surface area contributed by atoms with Crippen molar-refractivity contribution in [3.63, 3.8) is 0 Å². The number of hydrogen-bond acceptors (Lipinski definition) is 1. The van der Waals surface area contributed by atoms with Crippen molar-refractivity contribution in [2.75, 3.05) is 5.88 Å². The van der Waals surface area contributed by atoms with Crippen LogP contribution >= 0.6 is 23.2 Å². The summed E-state index contributed by atoms with van der Waals surface area (Å²) in [5, 5.41) is 0.714. The average Bonchev–Trinajstić information content (AvgIpc) is 2.85. The van der Waals surface area contributed by atoms with Crippen LogP contribution in [0, 0.1) is 0 Å². The van der Waals surface area contributed by atoms with Gasteiger partial charge in [-0.05, 0) is 42.3 Å². The maximum absolute atomic E-state index is 6.14. The molecule has 21 heavy (non-hydrogen) atoms. The maximum atomic E-state index is 6.14. The average molecular weight is 319 g/mol. The third kappa shape index (κ3) is 2.78. The molecule has 3 aromatic rings. The summed E-state index contributed by atoms with van der Waals surface area (Å²) in [5.41, 5.74) is 4.38. The monoisotopic (exact) mass is 318 g/mol. The Morgan fingerprint density at radius 2 is 1.86 bits per heavy atom. The standard InChI is InChI=1S/C17H16Cl2N2/c1-2-12-3-6-14(7-4-12)21-16-11-13(19)5-8-15(16)20-17(21)9-10-18/h3-8,11H,2,9-10H2,1H3. The maximum Gasteiger partial charge on any atom is 0.115 e. The molecule has 0 fully saturated rings. The fraction of sp³-hybridized carbons (Fsp3) is 0.235. The Morgan fingerprint density at radius 1 is 1.10 bits per heavy atom. The van der Waals surface area contributed by atoms with E-state index in [1.54, 1.807) is 0 Å². The quantitative estimate of drug-likeness (QED) is 0.617. The van der Waals surface area contributed by atoms with Gasteiger partial charge in [-0.2, -0.15) is 0 Å². The molecular weight excluding hydrogens is 303 g/mol. The van der Waals surface area contributed by atoms with Gasteiger partial charge in [0, 0.05) is 23.0 Å². The largest absolute Gasteiger partial charge is 0.296 e. The number of imidazole rings is 1. The molecule has 2 aromatic carbocycles. The SMILES string of the molecule is CCc1ccc(-n2c(CCCl)nc3ccc(Cl)cc32)cc1. The molecule has 0 spiro atoms. The molecule has 2 nitrogen and oxygen atoms in total. The fourth-order valence-electron chi connectivity index (χ4n) is 2.52. The van der Waals surface area contributed by atoms with Crippen LogP contribution < -0.4 is 0 Å². The van der Waals surface area contributed by atoms with Crippen molar-refractivity contribution in [1.29, 1.82) is 0 Å². The van der Waals surface area contributed by atoms with Gasteiger partial charge >= 0.3 is 0 Å². The number of aryl methyl sites for hydroxylation is 2. The summed E-state index contributed by atoms with van der Waals surface area (Å²) in [5.74, 6) is 1.51. The highest BCUT2D eigenvalue weighted by Crippen LogP contribution is 2.25. The van der Waals surface area contributed by atoms with E-state index in [1.165, 1.54) is 5.56 Å². The molecule has 0 aliphatic heterocycles. The van der Waals surface area contributed by atoms with E-state index >= 15 is 0 Å². The van der Waals surface area contributed by atoms with Gasteiger partial charge in [-0.15, -0.1) is 11.6 Å². The van der Waals surface area contributed by atoms with Gasteiger partial charge in [0.15, 0.2) is 0 Å². The second-order valence-corrected chi connectivity index (χ2v) is 5.77. The fourth-order valence-corrected chi connectivity index (χ4v) is 2.85. The van der Waals surface area contributed by atoms with Crippen molar-refractivity contribution in [1.82, 2.24) is 9.55 Å². The molecule has 1 heterocycles. The highest BCUT2D eigenvalue weighted by molar-refractivity contribution is 6.31. The molecule has 0 aliphatic rings. The Labute approximate surface area is 134 Å². The summed E-state index contributed by atoms with van der Waals surface area (Å²) in [4.78, 5) is 4.68. The predicted molar refractivity (Wildman–Crippen MR) is 89.9 cm³/mol. The number of hydrogen-bond donors (Lipinski definition) is 0. The summed E-state index contributed by atoms with van der Waals surface area (Å²) >= 11 is 12.1. The molecule has 0 saturated heterocycles. The summed E-state index contributed by atoms with van der Waals surface area (Å²) in [6.45, 7) is 2.15. The lowest BCUT2D eigenvalue weighted by Gasteiger charge is -2.09. The number of alkyl halides is 1. The summed E-state index contributed by atoms with van der Waals surface area (Å²) < 4.78 is 2.14. The molecule has 4 heteroatoms. The second kappa shape index (κ2) is 6.08. The summed E-state index contributed by atoms with van der Waals surface area (Å²) in [6, 6.07) is 14.3. The van der Waals surface area contributed by atoms with Crippen molar-refractivity contribution in [3.05, 3.63) is 58.9 Å². The molecule has 0 radical (unpaired) electrons. The highest BCUT2D eigenvalue weighted by Gasteiger charge is 2.12. The van der Waals surface area contributed by atoms with Gasteiger partial charge in [-0.3, -0.25) is 4.57 Å². The van der Waals surface area contributed by atoms with Crippen molar-refractivity contribution >= 4 is 34.2 Å². The van der Waals surface area contributed by atoms with E-state index < -0.39 is 0 Å². The first kappa shape index (κ1) is 14.4. The molecule has 0 aliphatic carbocycles. The van der Waals surface area contributed by atoms with Crippen molar-refractivity contribution < 1.29 is 0 Å². The van der Waals surface area contributed by atoms with Gasteiger partial charge in [0.25, 0.3) is 0 Å². The van der Waals surface area contributed by atoms with Crippen LogP contribution in [0.3, 0.4) is 0 Å². The molecule has 0 saturated carbocycles. The number of fused-ring (bicyclic) bond motifs is 1. The Bertz CT molecular complexity index is 760. The number of aromatic nitrogens is 2. The van der Waals surface area contributed by atoms with Crippen LogP contribution in [0.15, 0.2) is 42.5 Å². The lowest BCUT2D eigenvalue weighted by Crippen LogP contribution is -2.02. The Morgan fingerprint density at radius 3 is 2.52 bits per heavy atom. The number of benzene rings is 2. The zero-order chi connectivity index (χ0) is 14.8. The Hall–Kier alpha value is -1.51. The molecule has 0 N–H and O–H groups in total. The van der Waals surface area contributed by atoms with E-state index in [2.05, 4.69) is 40.7 Å². The van der Waals surface area contributed by atoms with Crippen LogP contribution in [0.2, 0.25) is 5.02 Å². The lowest BCUT2D eigenvalue weighted by molar-refractivity contribution is 0.911. The summed E-state index contributed by atoms with van der Waals surface area (Å²) in [6.07, 6.45) is 1.76. The first-order chi connectivity index (χ1) is 10.2.